The van der Waals surface area contributed by atoms with Gasteiger partial charge in [0.05, 0.1) is 0 Å². The fourth-order valence-electron chi connectivity index (χ4n) is 2.61. The summed E-state index contributed by atoms with van der Waals surface area (Å²) in [5.41, 5.74) is 0.146. The molecule has 0 fully saturated rings. The Labute approximate surface area is 155 Å². The molecule has 0 bridgehead atoms. The second-order valence-corrected chi connectivity index (χ2v) is 7.41. The van der Waals surface area contributed by atoms with E-state index in [0.29, 0.717) is 13.1 Å². The number of rotatable bonds is 5. The highest BCUT2D eigenvalue weighted by molar-refractivity contribution is 6.40. The van der Waals surface area contributed by atoms with E-state index in [1.165, 1.54) is 24.3 Å². The Bertz CT molecular complexity index is 739. The van der Waals surface area contributed by atoms with Crippen LogP contribution in [0.15, 0.2) is 29.3 Å². The van der Waals surface area contributed by atoms with E-state index in [-0.39, 0.29) is 35.4 Å². The molecule has 1 aromatic rings. The Hall–Kier alpha value is -2.58. The maximum Gasteiger partial charge on any atom is 0.573 e. The van der Waals surface area contributed by atoms with Gasteiger partial charge >= 0.3 is 12.4 Å². The van der Waals surface area contributed by atoms with Crippen LogP contribution in [0.25, 0.3) is 0 Å². The highest BCUT2D eigenvalue weighted by atomic mass is 19.4. The van der Waals surface area contributed by atoms with Crippen molar-refractivity contribution >= 4 is 17.6 Å². The van der Waals surface area contributed by atoms with Gasteiger partial charge in [-0.25, -0.2) is 4.79 Å². The van der Waals surface area contributed by atoms with Crippen molar-refractivity contribution in [2.75, 3.05) is 13.1 Å². The molecular weight excluding hydrogens is 363 g/mol. The maximum atomic E-state index is 12.4. The Kier molecular flexibility index (Phi) is 6.12. The lowest BCUT2D eigenvalue weighted by Crippen LogP contribution is -2.44. The summed E-state index contributed by atoms with van der Waals surface area (Å²) >= 11 is 0. The summed E-state index contributed by atoms with van der Waals surface area (Å²) in [6, 6.07) is 5.04. The number of para-hydroxylation sites is 1. The van der Waals surface area contributed by atoms with Crippen molar-refractivity contribution < 1.29 is 27.5 Å². The standard InChI is InChI=1S/C18H22F3N3O3/c1-17(2,3)11-24-9-8-13(23-16(24)26)15(25)22-10-12-6-4-5-7-14(12)27-18(19,20)21/h4-7H,8-11H2,1-3H3,(H,22,25). The Morgan fingerprint density at radius 2 is 1.93 bits per heavy atom. The lowest BCUT2D eigenvalue weighted by molar-refractivity contribution is -0.274. The third-order valence-corrected chi connectivity index (χ3v) is 3.68. The van der Waals surface area contributed by atoms with Crippen molar-refractivity contribution in [3.8, 4) is 5.75 Å². The van der Waals surface area contributed by atoms with Crippen LogP contribution in [0.5, 0.6) is 5.75 Å². The molecule has 0 saturated heterocycles. The minimum absolute atomic E-state index is 0.0689. The number of aliphatic imine (C=N–C) groups is 1. The Balaban J connectivity index is 1.99. The molecule has 27 heavy (non-hydrogen) atoms. The zero-order valence-corrected chi connectivity index (χ0v) is 15.4. The van der Waals surface area contributed by atoms with Gasteiger partial charge < -0.3 is 15.0 Å². The minimum Gasteiger partial charge on any atom is -0.405 e. The molecule has 1 aliphatic rings. The first-order valence-electron chi connectivity index (χ1n) is 8.43. The topological polar surface area (TPSA) is 71.0 Å². The summed E-state index contributed by atoms with van der Waals surface area (Å²) in [5.74, 6) is -0.969. The van der Waals surface area contributed by atoms with E-state index < -0.39 is 18.3 Å². The Morgan fingerprint density at radius 3 is 2.52 bits per heavy atom. The second kappa shape index (κ2) is 7.98. The highest BCUT2D eigenvalue weighted by Gasteiger charge is 2.32. The minimum atomic E-state index is -4.82. The molecule has 148 valence electrons. The summed E-state index contributed by atoms with van der Waals surface area (Å²) in [4.78, 5) is 29.7. The van der Waals surface area contributed by atoms with E-state index in [9.17, 15) is 22.8 Å². The first-order valence-corrected chi connectivity index (χ1v) is 8.43. The number of amides is 3. The number of nitrogens with zero attached hydrogens (tertiary/aromatic N) is 2. The third kappa shape index (κ3) is 6.58. The molecule has 0 saturated carbocycles. The summed E-state index contributed by atoms with van der Waals surface area (Å²) < 4.78 is 41.3. The van der Waals surface area contributed by atoms with Crippen LogP contribution in [0.4, 0.5) is 18.0 Å². The van der Waals surface area contributed by atoms with E-state index in [1.807, 2.05) is 20.8 Å². The molecule has 0 unspecified atom stereocenters. The first kappa shape index (κ1) is 20.7. The van der Waals surface area contributed by atoms with Crippen molar-refractivity contribution in [1.82, 2.24) is 10.2 Å². The van der Waals surface area contributed by atoms with Gasteiger partial charge in [-0.1, -0.05) is 39.0 Å². The molecular formula is C18H22F3N3O3. The monoisotopic (exact) mass is 385 g/mol. The number of carbonyl (C=O) groups excluding carboxylic acids is 2. The van der Waals surface area contributed by atoms with E-state index in [0.717, 1.165) is 0 Å². The molecule has 0 aromatic heterocycles. The van der Waals surface area contributed by atoms with Crippen molar-refractivity contribution in [1.29, 1.82) is 0 Å². The lowest BCUT2D eigenvalue weighted by atomic mass is 9.96. The zero-order valence-electron chi connectivity index (χ0n) is 15.4. The predicted octanol–water partition coefficient (Wildman–Crippen LogP) is 3.51. The van der Waals surface area contributed by atoms with Gasteiger partial charge in [0, 0.05) is 31.6 Å². The number of nitrogens with one attached hydrogen (secondary N) is 1. The van der Waals surface area contributed by atoms with Crippen molar-refractivity contribution in [3.05, 3.63) is 29.8 Å². The molecule has 1 heterocycles. The number of halogens is 3. The van der Waals surface area contributed by atoms with Gasteiger partial charge in [0.15, 0.2) is 0 Å². The number of urea groups is 1. The lowest BCUT2D eigenvalue weighted by Gasteiger charge is -2.31. The van der Waals surface area contributed by atoms with Crippen LogP contribution in [0.1, 0.15) is 32.8 Å². The van der Waals surface area contributed by atoms with Gasteiger partial charge in [0.25, 0.3) is 5.91 Å². The summed E-state index contributed by atoms with van der Waals surface area (Å²) in [6.45, 7) is 6.69. The molecule has 3 amide bonds. The van der Waals surface area contributed by atoms with E-state index in [1.54, 1.807) is 4.90 Å². The number of hydrogen-bond donors (Lipinski definition) is 1. The van der Waals surface area contributed by atoms with E-state index >= 15 is 0 Å². The van der Waals surface area contributed by atoms with Crippen LogP contribution in [0.2, 0.25) is 0 Å². The number of alkyl halides is 3. The molecule has 0 aliphatic carbocycles. The summed E-state index contributed by atoms with van der Waals surface area (Å²) in [6.07, 6.45) is -4.54. The quantitative estimate of drug-likeness (QED) is 0.843. The van der Waals surface area contributed by atoms with Gasteiger partial charge in [0.2, 0.25) is 0 Å². The number of carbonyl (C=O) groups is 2. The third-order valence-electron chi connectivity index (χ3n) is 3.68. The summed E-state index contributed by atoms with van der Waals surface area (Å²) in [7, 11) is 0. The second-order valence-electron chi connectivity index (χ2n) is 7.41. The van der Waals surface area contributed by atoms with Gasteiger partial charge in [-0.3, -0.25) is 4.79 Å². The maximum absolute atomic E-state index is 12.4. The molecule has 2 rings (SSSR count). The zero-order chi connectivity index (χ0) is 20.2. The van der Waals surface area contributed by atoms with Crippen LogP contribution in [0, 0.1) is 5.41 Å². The molecule has 0 spiro atoms. The number of benzene rings is 1. The molecule has 9 heteroatoms. The van der Waals surface area contributed by atoms with Crippen molar-refractivity contribution in [2.24, 2.45) is 10.4 Å². The number of hydrogen-bond acceptors (Lipinski definition) is 3. The normalized spacial score (nSPS) is 15.4. The molecule has 0 atom stereocenters. The molecule has 1 N–H and O–H groups in total. The van der Waals surface area contributed by atoms with Gasteiger partial charge in [-0.15, -0.1) is 13.2 Å². The van der Waals surface area contributed by atoms with Crippen LogP contribution < -0.4 is 10.1 Å². The predicted molar refractivity (Wildman–Crippen MR) is 93.4 cm³/mol. The highest BCUT2D eigenvalue weighted by Crippen LogP contribution is 2.26. The molecule has 1 aliphatic heterocycles. The summed E-state index contributed by atoms with van der Waals surface area (Å²) in [5, 5.41) is 2.49. The number of ether oxygens (including phenoxy) is 1. The van der Waals surface area contributed by atoms with Crippen LogP contribution in [0.3, 0.4) is 0 Å². The Morgan fingerprint density at radius 1 is 1.26 bits per heavy atom. The SMILES string of the molecule is CC(C)(C)CN1CCC(C(=O)NCc2ccccc2OC(F)(F)F)=NC1=O. The van der Waals surface area contributed by atoms with Crippen LogP contribution in [-0.2, 0) is 11.3 Å². The van der Waals surface area contributed by atoms with Gasteiger partial charge in [-0.05, 0) is 11.5 Å². The average molecular weight is 385 g/mol. The molecule has 6 nitrogen and oxygen atoms in total. The fourth-order valence-corrected chi connectivity index (χ4v) is 2.61. The van der Waals surface area contributed by atoms with Crippen LogP contribution in [-0.4, -0.2) is 42.0 Å². The van der Waals surface area contributed by atoms with E-state index in [2.05, 4.69) is 15.0 Å². The van der Waals surface area contributed by atoms with E-state index in [4.69, 9.17) is 0 Å². The smallest absolute Gasteiger partial charge is 0.405 e. The van der Waals surface area contributed by atoms with Gasteiger partial charge in [0.1, 0.15) is 11.5 Å². The largest absolute Gasteiger partial charge is 0.573 e. The molecule has 1 aromatic carbocycles. The van der Waals surface area contributed by atoms with Gasteiger partial charge in [-0.2, -0.15) is 4.99 Å². The van der Waals surface area contributed by atoms with Crippen LogP contribution >= 0.6 is 0 Å². The first-order chi connectivity index (χ1) is 12.4. The molecule has 0 radical (unpaired) electrons. The van der Waals surface area contributed by atoms with Crippen molar-refractivity contribution in [3.63, 3.8) is 0 Å². The average Bonchev–Trinajstić information content (AvgIpc) is 2.53. The van der Waals surface area contributed by atoms with Crippen molar-refractivity contribution in [2.45, 2.75) is 40.1 Å². The fraction of sp³-hybridized carbons (Fsp3) is 0.500.